The third kappa shape index (κ3) is 4.40. The highest BCUT2D eigenvalue weighted by Gasteiger charge is 2.10. The summed E-state index contributed by atoms with van der Waals surface area (Å²) in [6, 6.07) is 4.00. The van der Waals surface area contributed by atoms with Gasteiger partial charge in [0.15, 0.2) is 0 Å². The van der Waals surface area contributed by atoms with E-state index in [1.54, 1.807) is 4.52 Å². The van der Waals surface area contributed by atoms with Crippen LogP contribution < -0.4 is 5.32 Å². The number of nitrogens with zero attached hydrogens (tertiary/aromatic N) is 6. The number of nitrogens with one attached hydrogen (secondary N) is 1. The molecule has 3 aromatic rings. The molecular formula is C17H23N7OS. The molecule has 3 aromatic heterocycles. The molecule has 0 saturated heterocycles. The molecule has 3 rings (SSSR count). The second-order valence-corrected chi connectivity index (χ2v) is 7.23. The monoisotopic (exact) mass is 373 g/mol. The van der Waals surface area contributed by atoms with Gasteiger partial charge in [-0.15, -0.1) is 5.10 Å². The summed E-state index contributed by atoms with van der Waals surface area (Å²) in [6.45, 7) is 9.32. The van der Waals surface area contributed by atoms with Crippen molar-refractivity contribution in [3.05, 3.63) is 34.9 Å². The molecule has 0 atom stereocenters. The second-order valence-electron chi connectivity index (χ2n) is 6.29. The molecule has 0 aliphatic rings. The van der Waals surface area contributed by atoms with E-state index in [-0.39, 0.29) is 11.7 Å². The predicted octanol–water partition coefficient (Wildman–Crippen LogP) is 1.85. The van der Waals surface area contributed by atoms with Crippen LogP contribution in [0.3, 0.4) is 0 Å². The summed E-state index contributed by atoms with van der Waals surface area (Å²) >= 11 is 1.32. The van der Waals surface area contributed by atoms with Crippen LogP contribution >= 0.6 is 11.8 Å². The maximum Gasteiger partial charge on any atom is 0.253 e. The first-order valence-corrected chi connectivity index (χ1v) is 9.52. The van der Waals surface area contributed by atoms with E-state index in [2.05, 4.69) is 31.5 Å². The van der Waals surface area contributed by atoms with Crippen LogP contribution in [0.5, 0.6) is 0 Å². The van der Waals surface area contributed by atoms with Crippen LogP contribution in [-0.2, 0) is 11.3 Å². The Labute approximate surface area is 156 Å². The van der Waals surface area contributed by atoms with Gasteiger partial charge in [0.25, 0.3) is 5.78 Å². The summed E-state index contributed by atoms with van der Waals surface area (Å²) < 4.78 is 3.66. The number of hydrogen-bond donors (Lipinski definition) is 1. The third-order valence-corrected chi connectivity index (χ3v) is 4.74. The van der Waals surface area contributed by atoms with Gasteiger partial charge >= 0.3 is 0 Å². The van der Waals surface area contributed by atoms with Crippen LogP contribution in [0.25, 0.3) is 5.78 Å². The molecular weight excluding hydrogens is 350 g/mol. The second kappa shape index (κ2) is 7.86. The molecule has 0 spiro atoms. The number of aryl methyl sites for hydroxylation is 5. The lowest BCUT2D eigenvalue weighted by Gasteiger charge is -2.06. The minimum atomic E-state index is -0.0249. The third-order valence-electron chi connectivity index (χ3n) is 3.90. The minimum Gasteiger partial charge on any atom is -0.355 e. The number of carbonyl (C=O) groups excluding carboxylic acids is 1. The maximum atomic E-state index is 12.0. The Kier molecular flexibility index (Phi) is 5.55. The van der Waals surface area contributed by atoms with Gasteiger partial charge in [-0.2, -0.15) is 10.1 Å². The number of rotatable bonds is 7. The van der Waals surface area contributed by atoms with Crippen LogP contribution in [0, 0.1) is 27.7 Å². The summed E-state index contributed by atoms with van der Waals surface area (Å²) in [5.74, 6) is 0.827. The Morgan fingerprint density at radius 3 is 2.58 bits per heavy atom. The summed E-state index contributed by atoms with van der Waals surface area (Å²) in [5.41, 5.74) is 4.03. The van der Waals surface area contributed by atoms with Crippen molar-refractivity contribution in [3.63, 3.8) is 0 Å². The summed E-state index contributed by atoms with van der Waals surface area (Å²) in [4.78, 5) is 20.7. The topological polar surface area (TPSA) is 90.0 Å². The van der Waals surface area contributed by atoms with Gasteiger partial charge in [-0.05, 0) is 46.2 Å². The SMILES string of the molecule is Cc1cc(C)n2nc(SCC(=O)NCCCn3nc(C)cc3C)nc2n1. The molecule has 0 bridgehead atoms. The number of aromatic nitrogens is 6. The zero-order chi connectivity index (χ0) is 18.7. The lowest BCUT2D eigenvalue weighted by molar-refractivity contribution is -0.118. The van der Waals surface area contributed by atoms with Crippen molar-refractivity contribution >= 4 is 23.4 Å². The lowest BCUT2D eigenvalue weighted by Crippen LogP contribution is -2.27. The van der Waals surface area contributed by atoms with Crippen molar-refractivity contribution in [3.8, 4) is 0 Å². The Morgan fingerprint density at radius 2 is 1.85 bits per heavy atom. The fourth-order valence-corrected chi connectivity index (χ4v) is 3.40. The van der Waals surface area contributed by atoms with Gasteiger partial charge in [0.2, 0.25) is 11.1 Å². The molecule has 0 saturated carbocycles. The fraction of sp³-hybridized carbons (Fsp3) is 0.471. The first-order valence-electron chi connectivity index (χ1n) is 8.54. The normalized spacial score (nSPS) is 11.2. The van der Waals surface area contributed by atoms with Gasteiger partial charge < -0.3 is 5.32 Å². The Balaban J connectivity index is 1.44. The van der Waals surface area contributed by atoms with Crippen molar-refractivity contribution in [2.75, 3.05) is 12.3 Å². The fourth-order valence-electron chi connectivity index (χ4n) is 2.75. The van der Waals surface area contributed by atoms with E-state index in [4.69, 9.17) is 0 Å². The zero-order valence-electron chi connectivity index (χ0n) is 15.5. The van der Waals surface area contributed by atoms with E-state index >= 15 is 0 Å². The van der Waals surface area contributed by atoms with Gasteiger partial charge in [0.05, 0.1) is 11.4 Å². The molecule has 0 aliphatic carbocycles. The van der Waals surface area contributed by atoms with E-state index in [0.29, 0.717) is 17.5 Å². The predicted molar refractivity (Wildman–Crippen MR) is 100 cm³/mol. The quantitative estimate of drug-likeness (QED) is 0.502. The highest BCUT2D eigenvalue weighted by atomic mass is 32.2. The number of amides is 1. The van der Waals surface area contributed by atoms with Gasteiger partial charge in [-0.3, -0.25) is 9.48 Å². The van der Waals surface area contributed by atoms with Crippen LogP contribution in [0.1, 0.15) is 29.2 Å². The van der Waals surface area contributed by atoms with Gasteiger partial charge in [-0.1, -0.05) is 11.8 Å². The summed E-state index contributed by atoms with van der Waals surface area (Å²) in [7, 11) is 0. The number of fused-ring (bicyclic) bond motifs is 1. The van der Waals surface area contributed by atoms with E-state index in [1.165, 1.54) is 11.8 Å². The van der Waals surface area contributed by atoms with Crippen molar-refractivity contribution in [1.82, 2.24) is 34.7 Å². The van der Waals surface area contributed by atoms with Gasteiger partial charge in [-0.25, -0.2) is 9.50 Å². The van der Waals surface area contributed by atoms with E-state index in [0.717, 1.165) is 35.7 Å². The summed E-state index contributed by atoms with van der Waals surface area (Å²) in [6.07, 6.45) is 0.841. The van der Waals surface area contributed by atoms with Crippen LogP contribution in [0.4, 0.5) is 0 Å². The smallest absolute Gasteiger partial charge is 0.253 e. The Hall–Kier alpha value is -2.42. The molecule has 0 fully saturated rings. The van der Waals surface area contributed by atoms with Gasteiger partial charge in [0, 0.05) is 30.2 Å². The zero-order valence-corrected chi connectivity index (χ0v) is 16.3. The van der Waals surface area contributed by atoms with Crippen molar-refractivity contribution in [1.29, 1.82) is 0 Å². The molecule has 1 amide bonds. The molecule has 9 heteroatoms. The lowest BCUT2D eigenvalue weighted by atomic mass is 10.4. The average Bonchev–Trinajstić information content (AvgIpc) is 3.12. The van der Waals surface area contributed by atoms with Crippen molar-refractivity contribution < 1.29 is 4.79 Å². The maximum absolute atomic E-state index is 12.0. The number of carbonyl (C=O) groups is 1. The average molecular weight is 373 g/mol. The van der Waals surface area contributed by atoms with Crippen LogP contribution in [0.15, 0.2) is 17.3 Å². The Bertz CT molecular complexity index is 931. The molecule has 0 radical (unpaired) electrons. The number of hydrogen-bond acceptors (Lipinski definition) is 6. The molecule has 1 N–H and O–H groups in total. The first kappa shape index (κ1) is 18.4. The van der Waals surface area contributed by atoms with E-state index < -0.39 is 0 Å². The highest BCUT2D eigenvalue weighted by molar-refractivity contribution is 7.99. The molecule has 26 heavy (non-hydrogen) atoms. The highest BCUT2D eigenvalue weighted by Crippen LogP contribution is 2.15. The van der Waals surface area contributed by atoms with Crippen LogP contribution in [0.2, 0.25) is 0 Å². The standard InChI is InChI=1S/C17H23N7OS/c1-11-8-14(4)24-16(19-11)20-17(22-24)26-10-15(25)18-6-5-7-23-13(3)9-12(2)21-23/h8-9H,5-7,10H2,1-4H3,(H,18,25). The molecule has 3 heterocycles. The Morgan fingerprint density at radius 1 is 1.08 bits per heavy atom. The minimum absolute atomic E-state index is 0.0249. The van der Waals surface area contributed by atoms with E-state index in [1.807, 2.05) is 38.4 Å². The van der Waals surface area contributed by atoms with Crippen molar-refractivity contribution in [2.45, 2.75) is 45.8 Å². The van der Waals surface area contributed by atoms with Crippen molar-refractivity contribution in [2.24, 2.45) is 0 Å². The molecule has 0 aliphatic heterocycles. The molecule has 138 valence electrons. The molecule has 0 aromatic carbocycles. The first-order chi connectivity index (χ1) is 12.4. The van der Waals surface area contributed by atoms with E-state index in [9.17, 15) is 4.79 Å². The summed E-state index contributed by atoms with van der Waals surface area (Å²) in [5, 5.41) is 12.3. The largest absolute Gasteiger partial charge is 0.355 e. The number of thioether (sulfide) groups is 1. The molecule has 8 nitrogen and oxygen atoms in total. The molecule has 0 unspecified atom stereocenters. The van der Waals surface area contributed by atoms with Gasteiger partial charge in [0.1, 0.15) is 0 Å². The van der Waals surface area contributed by atoms with Crippen LogP contribution in [-0.4, -0.2) is 47.6 Å².